The van der Waals surface area contributed by atoms with Gasteiger partial charge in [0, 0.05) is 19.6 Å². The van der Waals surface area contributed by atoms with Crippen LogP contribution in [0.5, 0.6) is 0 Å². The summed E-state index contributed by atoms with van der Waals surface area (Å²) in [5.74, 6) is -0.340. The average molecular weight is 780 g/mol. The molecule has 0 saturated heterocycles. The van der Waals surface area contributed by atoms with Gasteiger partial charge < -0.3 is 20.1 Å². The van der Waals surface area contributed by atoms with Crippen LogP contribution in [0, 0.1) is 0 Å². The predicted octanol–water partition coefficient (Wildman–Crippen LogP) is 13.0. The van der Waals surface area contributed by atoms with Gasteiger partial charge in [-0.05, 0) is 70.6 Å². The summed E-state index contributed by atoms with van der Waals surface area (Å²) in [5.41, 5.74) is 5.36. The second-order valence-corrected chi connectivity index (χ2v) is 15.6. The number of phosphoric acid groups is 1. The molecule has 0 aliphatic carbocycles. The SMILES string of the molecule is CC/C=C\C/C=C\C/C=C\C/C=C\CCCCCCCCCCCCC(=O)OC(COCCCCCCCC/C=C\CCCC)COP(=O)(O)OCCN. The van der Waals surface area contributed by atoms with Crippen LogP contribution in [0.25, 0.3) is 0 Å². The largest absolute Gasteiger partial charge is 0.472 e. The van der Waals surface area contributed by atoms with E-state index in [0.29, 0.717) is 13.0 Å². The number of hydrogen-bond donors (Lipinski definition) is 2. The van der Waals surface area contributed by atoms with Gasteiger partial charge in [-0.25, -0.2) is 4.57 Å². The Kier molecular flexibility index (Phi) is 40.9. The molecule has 0 aromatic heterocycles. The lowest BCUT2D eigenvalue weighted by Crippen LogP contribution is -2.28. The minimum atomic E-state index is -4.28. The molecule has 0 amide bonds. The van der Waals surface area contributed by atoms with Gasteiger partial charge >= 0.3 is 13.8 Å². The van der Waals surface area contributed by atoms with Gasteiger partial charge in [-0.15, -0.1) is 0 Å². The summed E-state index contributed by atoms with van der Waals surface area (Å²) in [7, 11) is -4.28. The molecule has 8 nitrogen and oxygen atoms in total. The summed E-state index contributed by atoms with van der Waals surface area (Å²) in [6, 6.07) is 0. The third-order valence-electron chi connectivity index (χ3n) is 8.92. The van der Waals surface area contributed by atoms with Crippen LogP contribution in [-0.4, -0.2) is 49.9 Å². The van der Waals surface area contributed by atoms with E-state index in [1.807, 2.05) is 0 Å². The summed E-state index contributed by atoms with van der Waals surface area (Å²) in [5, 5.41) is 0. The second kappa shape index (κ2) is 42.3. The highest BCUT2D eigenvalue weighted by Crippen LogP contribution is 2.43. The Balaban J connectivity index is 3.99. The molecule has 0 rings (SSSR count). The fourth-order valence-electron chi connectivity index (χ4n) is 5.73. The maximum atomic E-state index is 12.6. The van der Waals surface area contributed by atoms with Crippen LogP contribution in [-0.2, 0) is 27.9 Å². The van der Waals surface area contributed by atoms with Crippen LogP contribution in [0.4, 0.5) is 0 Å². The van der Waals surface area contributed by atoms with Crippen molar-refractivity contribution >= 4 is 13.8 Å². The molecule has 314 valence electrons. The number of esters is 1. The van der Waals surface area contributed by atoms with Crippen molar-refractivity contribution in [2.45, 2.75) is 187 Å². The monoisotopic (exact) mass is 780 g/mol. The fraction of sp³-hybridized carbons (Fsp3) is 0.756. The Morgan fingerprint density at radius 2 is 1.04 bits per heavy atom. The van der Waals surface area contributed by atoms with E-state index in [1.165, 1.54) is 103 Å². The molecule has 0 aliphatic heterocycles. The average Bonchev–Trinajstić information content (AvgIpc) is 3.16. The predicted molar refractivity (Wildman–Crippen MR) is 229 cm³/mol. The number of allylic oxidation sites excluding steroid dienone is 10. The van der Waals surface area contributed by atoms with Crippen molar-refractivity contribution in [3.63, 3.8) is 0 Å². The zero-order valence-electron chi connectivity index (χ0n) is 34.7. The highest BCUT2D eigenvalue weighted by molar-refractivity contribution is 7.47. The first kappa shape index (κ1) is 52.2. The summed E-state index contributed by atoms with van der Waals surface area (Å²) >= 11 is 0. The highest BCUT2D eigenvalue weighted by atomic mass is 31.2. The quantitative estimate of drug-likeness (QED) is 0.0273. The minimum absolute atomic E-state index is 0.0965. The molecule has 0 heterocycles. The van der Waals surface area contributed by atoms with E-state index in [9.17, 15) is 14.3 Å². The van der Waals surface area contributed by atoms with Gasteiger partial charge in [0.2, 0.25) is 0 Å². The second-order valence-electron chi connectivity index (χ2n) is 14.2. The van der Waals surface area contributed by atoms with Gasteiger partial charge in [-0.3, -0.25) is 13.8 Å². The minimum Gasteiger partial charge on any atom is -0.457 e. The van der Waals surface area contributed by atoms with Crippen LogP contribution in [0.3, 0.4) is 0 Å². The normalized spacial score (nSPS) is 14.1. The van der Waals surface area contributed by atoms with Crippen molar-refractivity contribution in [2.24, 2.45) is 5.73 Å². The molecular weight excluding hydrogens is 697 g/mol. The van der Waals surface area contributed by atoms with Crippen molar-refractivity contribution in [1.82, 2.24) is 0 Å². The van der Waals surface area contributed by atoms with Crippen LogP contribution in [0.1, 0.15) is 181 Å². The van der Waals surface area contributed by atoms with Crippen LogP contribution in [0.15, 0.2) is 60.8 Å². The molecule has 3 N–H and O–H groups in total. The first-order valence-corrected chi connectivity index (χ1v) is 23.3. The lowest BCUT2D eigenvalue weighted by atomic mass is 10.0. The fourth-order valence-corrected chi connectivity index (χ4v) is 6.50. The Labute approximate surface area is 332 Å². The molecule has 0 radical (unpaired) electrons. The smallest absolute Gasteiger partial charge is 0.457 e. The van der Waals surface area contributed by atoms with E-state index in [0.717, 1.165) is 57.8 Å². The van der Waals surface area contributed by atoms with E-state index in [4.69, 9.17) is 24.3 Å². The highest BCUT2D eigenvalue weighted by Gasteiger charge is 2.25. The number of carbonyl (C=O) groups is 1. The topological polar surface area (TPSA) is 117 Å². The van der Waals surface area contributed by atoms with Gasteiger partial charge in [0.15, 0.2) is 0 Å². The Morgan fingerprint density at radius 1 is 0.574 bits per heavy atom. The number of rotatable bonds is 41. The van der Waals surface area contributed by atoms with Crippen molar-refractivity contribution in [2.75, 3.05) is 33.0 Å². The molecule has 0 aromatic rings. The van der Waals surface area contributed by atoms with E-state index in [2.05, 4.69) is 74.6 Å². The molecule has 9 heteroatoms. The van der Waals surface area contributed by atoms with Crippen molar-refractivity contribution in [3.8, 4) is 0 Å². The van der Waals surface area contributed by atoms with Gasteiger partial charge in [0.25, 0.3) is 0 Å². The molecule has 2 atom stereocenters. The number of phosphoric ester groups is 1. The van der Waals surface area contributed by atoms with Crippen LogP contribution >= 0.6 is 7.82 Å². The Morgan fingerprint density at radius 3 is 1.57 bits per heavy atom. The van der Waals surface area contributed by atoms with Crippen molar-refractivity contribution in [1.29, 1.82) is 0 Å². The zero-order valence-corrected chi connectivity index (χ0v) is 35.6. The van der Waals surface area contributed by atoms with Gasteiger partial charge in [-0.1, -0.05) is 164 Å². The van der Waals surface area contributed by atoms with Gasteiger partial charge in [-0.2, -0.15) is 0 Å². The first-order chi connectivity index (χ1) is 26.4. The molecule has 0 bridgehead atoms. The standard InChI is InChI=1S/C45H82NO7P/c1-3-5-7-9-11-13-15-17-18-19-20-21-22-23-24-25-26-27-28-30-32-34-36-38-45(47)53-44(43-52-54(48,49)51-41-39-46)42-50-40-37-35-33-31-29-16-14-12-10-8-6-4-2/h5,7,10-13,17-18,20-21,44H,3-4,6,8-9,14-16,19,22-43,46H2,1-2H3,(H,48,49)/b7-5-,12-10-,13-11-,18-17-,21-20-. The number of nitrogens with two attached hydrogens (primary N) is 1. The van der Waals surface area contributed by atoms with Crippen LogP contribution < -0.4 is 5.73 Å². The molecule has 0 aromatic carbocycles. The molecular formula is C45H82NO7P. The maximum Gasteiger partial charge on any atom is 0.472 e. The van der Waals surface area contributed by atoms with E-state index >= 15 is 0 Å². The zero-order chi connectivity index (χ0) is 39.5. The third kappa shape index (κ3) is 41.4. The summed E-state index contributed by atoms with van der Waals surface area (Å²) in [4.78, 5) is 22.5. The molecule has 0 fully saturated rings. The van der Waals surface area contributed by atoms with Crippen LogP contribution in [0.2, 0.25) is 0 Å². The van der Waals surface area contributed by atoms with E-state index in [-0.39, 0.29) is 32.3 Å². The lowest BCUT2D eigenvalue weighted by Gasteiger charge is -2.20. The lowest BCUT2D eigenvalue weighted by molar-refractivity contribution is -0.154. The Bertz CT molecular complexity index is 1010. The number of hydrogen-bond acceptors (Lipinski definition) is 7. The molecule has 54 heavy (non-hydrogen) atoms. The number of ether oxygens (including phenoxy) is 2. The Hall–Kier alpha value is -1.80. The molecule has 0 saturated carbocycles. The number of unbranched alkanes of at least 4 members (excludes halogenated alkanes) is 18. The molecule has 2 unspecified atom stereocenters. The van der Waals surface area contributed by atoms with Crippen molar-refractivity contribution in [3.05, 3.63) is 60.8 Å². The third-order valence-corrected chi connectivity index (χ3v) is 9.90. The van der Waals surface area contributed by atoms with Crippen molar-refractivity contribution < 1.29 is 32.8 Å². The molecule has 0 spiro atoms. The maximum absolute atomic E-state index is 12.6. The summed E-state index contributed by atoms with van der Waals surface area (Å²) < 4.78 is 33.4. The van der Waals surface area contributed by atoms with Gasteiger partial charge in [0.05, 0.1) is 19.8 Å². The summed E-state index contributed by atoms with van der Waals surface area (Å²) in [6.45, 7) is 4.75. The first-order valence-electron chi connectivity index (χ1n) is 21.8. The molecule has 0 aliphatic rings. The van der Waals surface area contributed by atoms with Gasteiger partial charge in [0.1, 0.15) is 6.10 Å². The summed E-state index contributed by atoms with van der Waals surface area (Å²) in [6.07, 6.45) is 50.9. The number of carbonyl (C=O) groups excluding carboxylic acids is 1. The van der Waals surface area contributed by atoms with E-state index < -0.39 is 13.9 Å². The van der Waals surface area contributed by atoms with E-state index in [1.54, 1.807) is 0 Å².